The molecule has 0 bridgehead atoms. The molecule has 50 heavy (non-hydrogen) atoms. The SMILES string of the molecule is C.C.Nc1ccc(CC(COCCO)C(COCCO)Nc2ccc(N=C(COCCO)C(COCCO)=Nc3ccc(N)cc3)cc2)cc1. The van der Waals surface area contributed by atoms with Gasteiger partial charge in [0.1, 0.15) is 0 Å². The first-order chi connectivity index (χ1) is 23.4. The molecule has 0 saturated heterocycles. The van der Waals surface area contributed by atoms with E-state index in [0.29, 0.717) is 53.8 Å². The molecule has 2 atom stereocenters. The first-order valence-corrected chi connectivity index (χ1v) is 15.9. The summed E-state index contributed by atoms with van der Waals surface area (Å²) in [6.45, 7) is 1.03. The Morgan fingerprint density at radius 2 is 1.00 bits per heavy atom. The lowest BCUT2D eigenvalue weighted by molar-refractivity contribution is 0.0384. The zero-order valence-corrected chi connectivity index (χ0v) is 27.2. The van der Waals surface area contributed by atoms with Crippen molar-refractivity contribution in [3.8, 4) is 0 Å². The van der Waals surface area contributed by atoms with E-state index in [9.17, 15) is 20.4 Å². The maximum absolute atomic E-state index is 9.33. The van der Waals surface area contributed by atoms with Crippen LogP contribution >= 0.6 is 0 Å². The highest BCUT2D eigenvalue weighted by Crippen LogP contribution is 2.23. The molecule has 278 valence electrons. The molecule has 0 amide bonds. The lowest BCUT2D eigenvalue weighted by Gasteiger charge is -2.29. The monoisotopic (exact) mass is 699 g/mol. The summed E-state index contributed by atoms with van der Waals surface area (Å²) in [5.41, 5.74) is 17.2. The van der Waals surface area contributed by atoms with Crippen molar-refractivity contribution in [2.75, 3.05) is 96.1 Å². The Morgan fingerprint density at radius 1 is 0.580 bits per heavy atom. The quantitative estimate of drug-likeness (QED) is 0.0408. The van der Waals surface area contributed by atoms with Gasteiger partial charge in [0.15, 0.2) is 0 Å². The van der Waals surface area contributed by atoms with Crippen molar-refractivity contribution < 1.29 is 39.4 Å². The molecular formula is C37H57N5O8. The third kappa shape index (κ3) is 16.7. The van der Waals surface area contributed by atoms with E-state index in [1.807, 2.05) is 48.5 Å². The van der Waals surface area contributed by atoms with Crippen LogP contribution in [-0.2, 0) is 25.4 Å². The lowest BCUT2D eigenvalue weighted by Crippen LogP contribution is -2.38. The first kappa shape index (κ1) is 44.1. The molecule has 9 N–H and O–H groups in total. The van der Waals surface area contributed by atoms with Crippen LogP contribution in [0.25, 0.3) is 0 Å². The number of anilines is 3. The number of aliphatic hydroxyl groups is 4. The third-order valence-corrected chi connectivity index (χ3v) is 7.07. The second-order valence-corrected chi connectivity index (χ2v) is 10.9. The minimum Gasteiger partial charge on any atom is -0.399 e. The predicted molar refractivity (Wildman–Crippen MR) is 202 cm³/mol. The number of rotatable bonds is 24. The number of nitrogens with zero attached hydrogens (tertiary/aromatic N) is 2. The van der Waals surface area contributed by atoms with E-state index in [-0.39, 0.29) is 92.9 Å². The number of nitrogen functional groups attached to an aromatic ring is 2. The maximum atomic E-state index is 9.33. The highest BCUT2D eigenvalue weighted by molar-refractivity contribution is 6.44. The summed E-state index contributed by atoms with van der Waals surface area (Å²) in [5.74, 6) is -0.0436. The number of hydrogen-bond acceptors (Lipinski definition) is 13. The Hall–Kier alpha value is -3.92. The van der Waals surface area contributed by atoms with E-state index in [4.69, 9.17) is 40.4 Å². The fraction of sp³-hybridized carbons (Fsp3) is 0.459. The van der Waals surface area contributed by atoms with Gasteiger partial charge in [0.25, 0.3) is 0 Å². The Bertz CT molecular complexity index is 1360. The number of aliphatic hydroxyl groups excluding tert-OH is 4. The van der Waals surface area contributed by atoms with Crippen LogP contribution < -0.4 is 16.8 Å². The van der Waals surface area contributed by atoms with E-state index in [2.05, 4.69) is 5.32 Å². The smallest absolute Gasteiger partial charge is 0.0908 e. The summed E-state index contributed by atoms with van der Waals surface area (Å²) >= 11 is 0. The Morgan fingerprint density at radius 3 is 1.48 bits per heavy atom. The molecule has 0 saturated carbocycles. The largest absolute Gasteiger partial charge is 0.399 e. The first-order valence-electron chi connectivity index (χ1n) is 15.9. The molecule has 13 nitrogen and oxygen atoms in total. The average molecular weight is 700 g/mol. The molecule has 0 heterocycles. The van der Waals surface area contributed by atoms with Gasteiger partial charge in [-0.1, -0.05) is 27.0 Å². The van der Waals surface area contributed by atoms with Crippen molar-refractivity contribution >= 4 is 39.9 Å². The van der Waals surface area contributed by atoms with Crippen molar-refractivity contribution in [3.63, 3.8) is 0 Å². The van der Waals surface area contributed by atoms with Crippen LogP contribution in [0.3, 0.4) is 0 Å². The Balaban J connectivity index is 0.00000625. The molecule has 0 fully saturated rings. The van der Waals surface area contributed by atoms with E-state index < -0.39 is 0 Å². The Labute approximate surface area is 296 Å². The summed E-state index contributed by atoms with van der Waals surface area (Å²) in [6.07, 6.45) is 0.667. The zero-order valence-electron chi connectivity index (χ0n) is 27.2. The fourth-order valence-corrected chi connectivity index (χ4v) is 4.68. The number of aliphatic imine (C=N–C) groups is 2. The van der Waals surface area contributed by atoms with Crippen LogP contribution in [-0.4, -0.2) is 117 Å². The molecule has 3 rings (SSSR count). The highest BCUT2D eigenvalue weighted by Gasteiger charge is 2.23. The molecule has 0 radical (unpaired) electrons. The van der Waals surface area contributed by atoms with Gasteiger partial charge in [0.2, 0.25) is 0 Å². The van der Waals surface area contributed by atoms with Crippen LogP contribution in [0.5, 0.6) is 0 Å². The maximum Gasteiger partial charge on any atom is 0.0908 e. The molecule has 3 aromatic carbocycles. The highest BCUT2D eigenvalue weighted by atomic mass is 16.5. The van der Waals surface area contributed by atoms with Crippen molar-refractivity contribution in [2.45, 2.75) is 27.3 Å². The van der Waals surface area contributed by atoms with Crippen molar-refractivity contribution in [1.29, 1.82) is 0 Å². The van der Waals surface area contributed by atoms with Crippen LogP contribution in [0, 0.1) is 5.92 Å². The summed E-state index contributed by atoms with van der Waals surface area (Å²) < 4.78 is 22.8. The van der Waals surface area contributed by atoms with E-state index in [1.165, 1.54) is 0 Å². The lowest BCUT2D eigenvalue weighted by atomic mass is 9.92. The van der Waals surface area contributed by atoms with Gasteiger partial charge in [-0.2, -0.15) is 0 Å². The molecule has 0 aliphatic carbocycles. The van der Waals surface area contributed by atoms with Gasteiger partial charge in [-0.3, -0.25) is 0 Å². The number of benzene rings is 3. The normalized spacial score (nSPS) is 12.9. The van der Waals surface area contributed by atoms with Gasteiger partial charge in [0, 0.05) is 23.0 Å². The minimum atomic E-state index is -0.202. The Kier molecular flexibility index (Phi) is 22.9. The van der Waals surface area contributed by atoms with Gasteiger partial charge in [-0.05, 0) is 72.6 Å². The molecular weight excluding hydrogens is 642 g/mol. The average Bonchev–Trinajstić information content (AvgIpc) is 3.09. The number of nitrogens with two attached hydrogens (primary N) is 2. The van der Waals surface area contributed by atoms with Crippen LogP contribution in [0.15, 0.2) is 82.8 Å². The molecule has 0 spiro atoms. The standard InChI is InChI=1S/C35H49N5O8.2CH4/c36-28-3-1-26(2-4-28)21-27(22-45-17-13-41)33(23-46-18-14-42)38-31-9-11-32(12-10-31)40-35(25-48-20-16-44)34(24-47-19-15-43)39-30-7-5-29(37)6-8-30;;/h1-12,27,33,38,41-44H,13-25,36-37H2;2*1H4. The fourth-order valence-electron chi connectivity index (χ4n) is 4.68. The number of nitrogens with one attached hydrogen (secondary N) is 1. The summed E-state index contributed by atoms with van der Waals surface area (Å²) in [4.78, 5) is 9.56. The van der Waals surface area contributed by atoms with Gasteiger partial charge in [-0.25, -0.2) is 9.98 Å². The molecule has 0 aliphatic rings. The van der Waals surface area contributed by atoms with E-state index in [1.54, 1.807) is 24.3 Å². The topological polar surface area (TPSA) is 207 Å². The van der Waals surface area contributed by atoms with Gasteiger partial charge < -0.3 is 56.2 Å². The van der Waals surface area contributed by atoms with Crippen molar-refractivity contribution in [3.05, 3.63) is 78.4 Å². The van der Waals surface area contributed by atoms with Crippen molar-refractivity contribution in [1.82, 2.24) is 0 Å². The van der Waals surface area contributed by atoms with Crippen LogP contribution in [0.4, 0.5) is 28.4 Å². The van der Waals surface area contributed by atoms with Crippen LogP contribution in [0.1, 0.15) is 20.4 Å². The number of ether oxygens (including phenoxy) is 4. The summed E-state index contributed by atoms with van der Waals surface area (Å²) in [5, 5.41) is 40.7. The molecule has 3 aromatic rings. The molecule has 0 aliphatic heterocycles. The molecule has 0 aromatic heterocycles. The van der Waals surface area contributed by atoms with Crippen molar-refractivity contribution in [2.24, 2.45) is 15.9 Å². The summed E-state index contributed by atoms with van der Waals surface area (Å²) in [6, 6.07) is 22.0. The zero-order chi connectivity index (χ0) is 34.4. The van der Waals surface area contributed by atoms with E-state index in [0.717, 1.165) is 11.3 Å². The van der Waals surface area contributed by atoms with Gasteiger partial charge in [-0.15, -0.1) is 0 Å². The minimum absolute atomic E-state index is 0. The number of hydrogen-bond donors (Lipinski definition) is 7. The second-order valence-electron chi connectivity index (χ2n) is 10.9. The van der Waals surface area contributed by atoms with Gasteiger partial charge in [0.05, 0.1) is 108 Å². The van der Waals surface area contributed by atoms with Gasteiger partial charge >= 0.3 is 0 Å². The summed E-state index contributed by atoms with van der Waals surface area (Å²) in [7, 11) is 0. The molecule has 2 unspecified atom stereocenters. The van der Waals surface area contributed by atoms with E-state index >= 15 is 0 Å². The molecule has 13 heteroatoms. The third-order valence-electron chi connectivity index (χ3n) is 7.07. The predicted octanol–water partition coefficient (Wildman–Crippen LogP) is 3.64. The second kappa shape index (κ2) is 26.0. The van der Waals surface area contributed by atoms with Crippen LogP contribution in [0.2, 0.25) is 0 Å².